The first-order valence-electron chi connectivity index (χ1n) is 18.0. The number of aliphatic hydroxyl groups excluding tert-OH is 2. The van der Waals surface area contributed by atoms with Crippen LogP contribution in [0.5, 0.6) is 0 Å². The van der Waals surface area contributed by atoms with Crippen LogP contribution in [0.2, 0.25) is 0 Å². The van der Waals surface area contributed by atoms with Crippen LogP contribution in [0.4, 0.5) is 0 Å². The van der Waals surface area contributed by atoms with Crippen molar-refractivity contribution in [2.45, 2.75) is 130 Å². The van der Waals surface area contributed by atoms with Gasteiger partial charge in [0.25, 0.3) is 0 Å². The molecule has 0 aromatic heterocycles. The summed E-state index contributed by atoms with van der Waals surface area (Å²) in [5.74, 6) is -1.15. The molecule has 0 aliphatic carbocycles. The number of likely N-dealkylation sites (tertiary alicyclic amines) is 2. The molecule has 274 valence electrons. The lowest BCUT2D eigenvalue weighted by molar-refractivity contribution is -0.142. The fraction of sp³-hybridized carbons (Fsp3) is 0.684. The molecular weight excluding hydrogens is 622 g/mol. The second-order valence-corrected chi connectivity index (χ2v) is 15.5. The second-order valence-electron chi connectivity index (χ2n) is 15.5. The molecule has 11 nitrogen and oxygen atoms in total. The Labute approximate surface area is 293 Å². The molecule has 1 aromatic rings. The Kier molecular flexibility index (Phi) is 14.4. The van der Waals surface area contributed by atoms with Gasteiger partial charge in [-0.05, 0) is 69.9 Å². The number of nitrogens with one attached hydrogen (secondary N) is 2. The van der Waals surface area contributed by atoms with Crippen molar-refractivity contribution in [1.29, 1.82) is 0 Å². The van der Waals surface area contributed by atoms with Crippen molar-refractivity contribution >= 4 is 23.6 Å². The number of amides is 4. The van der Waals surface area contributed by atoms with E-state index in [1.165, 1.54) is 4.90 Å². The van der Waals surface area contributed by atoms with Crippen molar-refractivity contribution < 1.29 is 29.4 Å². The third-order valence-corrected chi connectivity index (χ3v) is 10.0. The molecular formula is C38H61N5O6. The van der Waals surface area contributed by atoms with E-state index in [9.17, 15) is 29.4 Å². The van der Waals surface area contributed by atoms with Crippen molar-refractivity contribution in [1.82, 2.24) is 25.3 Å². The third-order valence-electron chi connectivity index (χ3n) is 10.0. The summed E-state index contributed by atoms with van der Waals surface area (Å²) >= 11 is 0. The predicted molar refractivity (Wildman–Crippen MR) is 191 cm³/mol. The largest absolute Gasteiger partial charge is 0.394 e. The highest BCUT2D eigenvalue weighted by Crippen LogP contribution is 2.27. The van der Waals surface area contributed by atoms with Crippen molar-refractivity contribution in [3.63, 3.8) is 0 Å². The van der Waals surface area contributed by atoms with Crippen molar-refractivity contribution in [3.05, 3.63) is 47.5 Å². The number of likely N-dealkylation sites (N-methyl/N-ethyl adjacent to an activating group) is 1. The summed E-state index contributed by atoms with van der Waals surface area (Å²) in [6.45, 7) is 16.5. The Morgan fingerprint density at radius 2 is 1.55 bits per heavy atom. The SMILES string of the molecule is CC(=C[C@H](C(C)C)N(C)C(=O)[C@@H](NC(=O)[C@H]1CCCCN1C(C)C)C(C)(C)C)C(=O)N1CCC[C@H]1C(=O)N[C@H](CO)[C@@H](O)c1ccccc1. The van der Waals surface area contributed by atoms with Gasteiger partial charge in [-0.3, -0.25) is 24.1 Å². The highest BCUT2D eigenvalue weighted by Gasteiger charge is 2.41. The van der Waals surface area contributed by atoms with E-state index in [-0.39, 0.29) is 35.7 Å². The number of hydrogen-bond donors (Lipinski definition) is 4. The molecule has 1 aromatic carbocycles. The monoisotopic (exact) mass is 683 g/mol. The van der Waals surface area contributed by atoms with E-state index in [1.807, 2.05) is 40.7 Å². The van der Waals surface area contributed by atoms with Crippen molar-refractivity contribution in [2.24, 2.45) is 11.3 Å². The molecule has 6 atom stereocenters. The van der Waals surface area contributed by atoms with Crippen LogP contribution in [0.15, 0.2) is 42.0 Å². The van der Waals surface area contributed by atoms with Crippen LogP contribution < -0.4 is 10.6 Å². The zero-order valence-corrected chi connectivity index (χ0v) is 31.1. The molecule has 2 heterocycles. The van der Waals surface area contributed by atoms with E-state index < -0.39 is 48.2 Å². The maximum absolute atomic E-state index is 14.2. The summed E-state index contributed by atoms with van der Waals surface area (Å²) in [4.78, 5) is 60.5. The Morgan fingerprint density at radius 1 is 0.939 bits per heavy atom. The molecule has 0 unspecified atom stereocenters. The Balaban J connectivity index is 1.76. The lowest BCUT2D eigenvalue weighted by atomic mass is 9.84. The summed E-state index contributed by atoms with van der Waals surface area (Å²) in [6.07, 6.45) is 4.55. The van der Waals surface area contributed by atoms with Gasteiger partial charge in [-0.1, -0.05) is 77.4 Å². The summed E-state index contributed by atoms with van der Waals surface area (Å²) in [6, 6.07) is 5.83. The second kappa shape index (κ2) is 17.6. The summed E-state index contributed by atoms with van der Waals surface area (Å²) < 4.78 is 0. The molecule has 11 heteroatoms. The van der Waals surface area contributed by atoms with Gasteiger partial charge in [0.15, 0.2) is 0 Å². The first-order valence-corrected chi connectivity index (χ1v) is 18.0. The average molecular weight is 684 g/mol. The summed E-state index contributed by atoms with van der Waals surface area (Å²) in [7, 11) is 1.71. The van der Waals surface area contributed by atoms with Gasteiger partial charge < -0.3 is 30.6 Å². The number of piperidine rings is 1. The summed E-state index contributed by atoms with van der Waals surface area (Å²) in [5, 5.41) is 26.6. The van der Waals surface area contributed by atoms with E-state index in [0.29, 0.717) is 30.5 Å². The van der Waals surface area contributed by atoms with Crippen molar-refractivity contribution in [3.8, 4) is 0 Å². The van der Waals surface area contributed by atoms with Crippen LogP contribution in [-0.2, 0) is 19.2 Å². The number of carbonyl (C=O) groups is 4. The van der Waals surface area contributed by atoms with Crippen molar-refractivity contribution in [2.75, 3.05) is 26.7 Å². The van der Waals surface area contributed by atoms with E-state index >= 15 is 0 Å². The Hall–Kier alpha value is -3.28. The molecule has 4 amide bonds. The first kappa shape index (κ1) is 40.2. The minimum Gasteiger partial charge on any atom is -0.394 e. The number of rotatable bonds is 13. The number of carbonyl (C=O) groups excluding carboxylic acids is 4. The number of nitrogens with zero attached hydrogens (tertiary/aromatic N) is 3. The fourth-order valence-corrected chi connectivity index (χ4v) is 7.06. The molecule has 0 radical (unpaired) electrons. The molecule has 2 saturated heterocycles. The molecule has 0 bridgehead atoms. The number of benzene rings is 1. The molecule has 2 fully saturated rings. The van der Waals surface area contributed by atoms with Gasteiger partial charge in [-0.2, -0.15) is 0 Å². The van der Waals surface area contributed by atoms with Gasteiger partial charge in [-0.25, -0.2) is 0 Å². The molecule has 0 saturated carbocycles. The van der Waals surface area contributed by atoms with Gasteiger partial charge in [-0.15, -0.1) is 0 Å². The van der Waals surface area contributed by atoms with E-state index in [1.54, 1.807) is 49.2 Å². The Bertz CT molecular complexity index is 1310. The molecule has 49 heavy (non-hydrogen) atoms. The maximum Gasteiger partial charge on any atom is 0.249 e. The van der Waals surface area contributed by atoms with Gasteiger partial charge in [0.1, 0.15) is 18.2 Å². The van der Waals surface area contributed by atoms with Crippen LogP contribution in [0, 0.1) is 11.3 Å². The van der Waals surface area contributed by atoms with Crippen LogP contribution in [0.1, 0.15) is 99.2 Å². The van der Waals surface area contributed by atoms with Gasteiger partial charge in [0, 0.05) is 25.2 Å². The van der Waals surface area contributed by atoms with Gasteiger partial charge >= 0.3 is 0 Å². The van der Waals surface area contributed by atoms with Crippen LogP contribution in [0.25, 0.3) is 0 Å². The van der Waals surface area contributed by atoms with Crippen LogP contribution in [0.3, 0.4) is 0 Å². The zero-order chi connectivity index (χ0) is 36.6. The van der Waals surface area contributed by atoms with Crippen LogP contribution >= 0.6 is 0 Å². The number of hydrogen-bond acceptors (Lipinski definition) is 7. The minimum absolute atomic E-state index is 0.0507. The predicted octanol–water partition coefficient (Wildman–Crippen LogP) is 3.41. The van der Waals surface area contributed by atoms with Gasteiger partial charge in [0.2, 0.25) is 23.6 Å². The lowest BCUT2D eigenvalue weighted by Gasteiger charge is -2.41. The standard InChI is InChI=1S/C38H61N5O6/c1-24(2)31(41(9)37(49)33(38(6,7)8)40-35(47)29-18-13-14-20-42(29)25(3)4)22-26(5)36(48)43-21-15-19-30(43)34(46)39-28(23-44)32(45)27-16-11-10-12-17-27/h10-12,16-17,22,24-25,28-33,44-45H,13-15,18-21,23H2,1-9H3,(H,39,46)(H,40,47)/t28-,29-,30+,31-,32+,33-/m1/s1. The fourth-order valence-electron chi connectivity index (χ4n) is 7.06. The average Bonchev–Trinajstić information content (AvgIpc) is 3.57. The molecule has 0 spiro atoms. The molecule has 2 aliphatic rings. The minimum atomic E-state index is -1.11. The third kappa shape index (κ3) is 10.1. The smallest absolute Gasteiger partial charge is 0.249 e. The topological polar surface area (TPSA) is 143 Å². The highest BCUT2D eigenvalue weighted by atomic mass is 16.3. The van der Waals surface area contributed by atoms with Crippen LogP contribution in [-0.4, -0.2) is 112 Å². The zero-order valence-electron chi connectivity index (χ0n) is 31.1. The van der Waals surface area contributed by atoms with E-state index in [0.717, 1.165) is 25.8 Å². The highest BCUT2D eigenvalue weighted by molar-refractivity contribution is 5.97. The number of aliphatic hydroxyl groups is 2. The summed E-state index contributed by atoms with van der Waals surface area (Å²) in [5.41, 5.74) is 0.413. The van der Waals surface area contributed by atoms with E-state index in [2.05, 4.69) is 29.4 Å². The first-order chi connectivity index (χ1) is 23.0. The van der Waals surface area contributed by atoms with E-state index in [4.69, 9.17) is 0 Å². The Morgan fingerprint density at radius 3 is 2.12 bits per heavy atom. The molecule has 4 N–H and O–H groups in total. The van der Waals surface area contributed by atoms with Gasteiger partial charge in [0.05, 0.1) is 24.7 Å². The molecule has 3 rings (SSSR count). The maximum atomic E-state index is 14.2. The normalized spacial score (nSPS) is 21.7. The molecule has 2 aliphatic heterocycles. The lowest BCUT2D eigenvalue weighted by Crippen LogP contribution is -2.60. The quantitative estimate of drug-likeness (QED) is 0.234.